The van der Waals surface area contributed by atoms with Gasteiger partial charge in [0.1, 0.15) is 0 Å². The minimum atomic E-state index is -0.401. The fourth-order valence-electron chi connectivity index (χ4n) is 1.82. The Labute approximate surface area is 118 Å². The Bertz CT molecular complexity index is 542. The molecule has 0 amide bonds. The molecule has 2 rings (SSSR count). The van der Waals surface area contributed by atoms with E-state index in [0.29, 0.717) is 31.4 Å². The first-order valence-electron chi connectivity index (χ1n) is 6.74. The maximum Gasteiger partial charge on any atom is 0.311 e. The lowest BCUT2D eigenvalue weighted by atomic mass is 10.2. The van der Waals surface area contributed by atoms with E-state index >= 15 is 0 Å². The lowest BCUT2D eigenvalue weighted by Crippen LogP contribution is -2.15. The van der Waals surface area contributed by atoms with Crippen molar-refractivity contribution in [1.82, 2.24) is 5.32 Å². The largest absolute Gasteiger partial charge is 0.486 e. The smallest absolute Gasteiger partial charge is 0.311 e. The number of nitrogens with one attached hydrogen (secondary N) is 1. The average Bonchev–Trinajstić information content (AvgIpc) is 3.26. The Kier molecular flexibility index (Phi) is 4.97. The Hall–Kier alpha value is -2.06. The zero-order valence-corrected chi connectivity index (χ0v) is 11.5. The molecule has 1 fully saturated rings. The molecule has 1 aromatic rings. The Morgan fingerprint density at radius 3 is 2.95 bits per heavy atom. The van der Waals surface area contributed by atoms with Crippen molar-refractivity contribution < 1.29 is 9.66 Å². The van der Waals surface area contributed by atoms with Gasteiger partial charge in [0.2, 0.25) is 0 Å². The van der Waals surface area contributed by atoms with Gasteiger partial charge >= 0.3 is 5.69 Å². The first kappa shape index (κ1) is 14.4. The summed E-state index contributed by atoms with van der Waals surface area (Å²) >= 11 is 0. The number of nitro groups is 1. The summed E-state index contributed by atoms with van der Waals surface area (Å²) in [5, 5.41) is 14.4. The lowest BCUT2D eigenvalue weighted by Gasteiger charge is -2.07. The molecular weight excluding hydrogens is 256 g/mol. The summed E-state index contributed by atoms with van der Waals surface area (Å²) in [5.74, 6) is 5.93. The van der Waals surface area contributed by atoms with Crippen molar-refractivity contribution in [3.05, 3.63) is 33.9 Å². The minimum Gasteiger partial charge on any atom is -0.486 e. The van der Waals surface area contributed by atoms with Gasteiger partial charge < -0.3 is 10.1 Å². The number of ether oxygens (including phenoxy) is 1. The maximum absolute atomic E-state index is 11.1. The van der Waals surface area contributed by atoms with Gasteiger partial charge in [-0.2, -0.15) is 0 Å². The van der Waals surface area contributed by atoms with Gasteiger partial charge in [0, 0.05) is 25.1 Å². The van der Waals surface area contributed by atoms with Crippen LogP contribution in [0.3, 0.4) is 0 Å². The summed E-state index contributed by atoms with van der Waals surface area (Å²) < 4.78 is 5.43. The average molecular weight is 274 g/mol. The topological polar surface area (TPSA) is 64.4 Å². The van der Waals surface area contributed by atoms with Crippen LogP contribution in [0.15, 0.2) is 18.2 Å². The van der Waals surface area contributed by atoms with E-state index in [4.69, 9.17) is 4.74 Å². The maximum atomic E-state index is 11.1. The molecule has 1 aliphatic rings. The molecule has 20 heavy (non-hydrogen) atoms. The third-order valence-electron chi connectivity index (χ3n) is 3.05. The van der Waals surface area contributed by atoms with E-state index in [1.807, 2.05) is 6.07 Å². The van der Waals surface area contributed by atoms with Crippen molar-refractivity contribution in [3.63, 3.8) is 0 Å². The molecule has 1 aliphatic carbocycles. The highest BCUT2D eigenvalue weighted by Gasteiger charge is 2.21. The summed E-state index contributed by atoms with van der Waals surface area (Å²) in [6, 6.07) is 5.69. The molecule has 0 saturated heterocycles. The zero-order chi connectivity index (χ0) is 14.4. The predicted molar refractivity (Wildman–Crippen MR) is 76.5 cm³/mol. The lowest BCUT2D eigenvalue weighted by molar-refractivity contribution is -0.385. The van der Waals surface area contributed by atoms with Crippen molar-refractivity contribution in [2.24, 2.45) is 0 Å². The Morgan fingerprint density at radius 2 is 2.30 bits per heavy atom. The molecule has 0 unspecified atom stereocenters. The van der Waals surface area contributed by atoms with E-state index in [9.17, 15) is 10.1 Å². The van der Waals surface area contributed by atoms with Crippen molar-refractivity contribution in [1.29, 1.82) is 0 Å². The quantitative estimate of drug-likeness (QED) is 0.359. The van der Waals surface area contributed by atoms with Gasteiger partial charge in [0.15, 0.2) is 5.75 Å². The Balaban J connectivity index is 2.01. The monoisotopic (exact) mass is 274 g/mol. The van der Waals surface area contributed by atoms with E-state index in [1.165, 1.54) is 12.8 Å². The highest BCUT2D eigenvalue weighted by Crippen LogP contribution is 2.28. The number of nitrogens with zero attached hydrogens (tertiary/aromatic N) is 1. The molecule has 0 bridgehead atoms. The van der Waals surface area contributed by atoms with Crippen LogP contribution in [0, 0.1) is 22.0 Å². The highest BCUT2D eigenvalue weighted by atomic mass is 16.6. The normalized spacial score (nSPS) is 13.4. The van der Waals surface area contributed by atoms with Crippen LogP contribution in [0.4, 0.5) is 5.69 Å². The number of nitro benzene ring substituents is 1. The van der Waals surface area contributed by atoms with Crippen molar-refractivity contribution in [2.75, 3.05) is 6.61 Å². The molecule has 1 N–H and O–H groups in total. The Morgan fingerprint density at radius 1 is 1.50 bits per heavy atom. The molecule has 0 aromatic heterocycles. The SMILES string of the molecule is CC#CCCOc1ccc(CNC2CC2)cc1[N+](=O)[O-]. The van der Waals surface area contributed by atoms with Crippen LogP contribution in [-0.2, 0) is 6.54 Å². The van der Waals surface area contributed by atoms with Crippen LogP contribution in [0.2, 0.25) is 0 Å². The predicted octanol–water partition coefficient (Wildman–Crippen LogP) is 2.64. The molecule has 0 aliphatic heterocycles. The first-order valence-corrected chi connectivity index (χ1v) is 6.74. The summed E-state index contributed by atoms with van der Waals surface area (Å²) in [7, 11) is 0. The van der Waals surface area contributed by atoms with Gasteiger partial charge in [-0.3, -0.25) is 10.1 Å². The summed E-state index contributed by atoms with van der Waals surface area (Å²) in [4.78, 5) is 10.7. The highest BCUT2D eigenvalue weighted by molar-refractivity contribution is 5.48. The molecule has 0 heterocycles. The van der Waals surface area contributed by atoms with Crippen LogP contribution in [0.5, 0.6) is 5.75 Å². The summed E-state index contributed by atoms with van der Waals surface area (Å²) in [6.07, 6.45) is 2.96. The van der Waals surface area contributed by atoms with Gasteiger partial charge in [-0.05, 0) is 31.4 Å². The van der Waals surface area contributed by atoms with Gasteiger partial charge in [0.25, 0.3) is 0 Å². The van der Waals surface area contributed by atoms with Crippen LogP contribution >= 0.6 is 0 Å². The first-order chi connectivity index (χ1) is 9.70. The zero-order valence-electron chi connectivity index (χ0n) is 11.5. The van der Waals surface area contributed by atoms with E-state index in [0.717, 1.165) is 5.56 Å². The molecule has 5 nitrogen and oxygen atoms in total. The van der Waals surface area contributed by atoms with Crippen molar-refractivity contribution in [2.45, 2.75) is 38.8 Å². The van der Waals surface area contributed by atoms with Crippen LogP contribution < -0.4 is 10.1 Å². The number of rotatable bonds is 7. The van der Waals surface area contributed by atoms with Gasteiger partial charge in [-0.1, -0.05) is 6.07 Å². The molecular formula is C15H18N2O3. The van der Waals surface area contributed by atoms with Gasteiger partial charge in [0.05, 0.1) is 11.5 Å². The minimum absolute atomic E-state index is 0.0181. The van der Waals surface area contributed by atoms with Crippen molar-refractivity contribution in [3.8, 4) is 17.6 Å². The van der Waals surface area contributed by atoms with Crippen LogP contribution in [-0.4, -0.2) is 17.6 Å². The van der Waals surface area contributed by atoms with Gasteiger partial charge in [-0.25, -0.2) is 0 Å². The van der Waals surface area contributed by atoms with Crippen molar-refractivity contribution >= 4 is 5.69 Å². The van der Waals surface area contributed by atoms with E-state index < -0.39 is 4.92 Å². The number of hydrogen-bond donors (Lipinski definition) is 1. The fraction of sp³-hybridized carbons (Fsp3) is 0.467. The second-order valence-electron chi connectivity index (χ2n) is 4.74. The fourth-order valence-corrected chi connectivity index (χ4v) is 1.82. The second-order valence-corrected chi connectivity index (χ2v) is 4.74. The molecule has 0 atom stereocenters. The van der Waals surface area contributed by atoms with E-state index in [2.05, 4.69) is 17.2 Å². The number of benzene rings is 1. The van der Waals surface area contributed by atoms with Crippen LogP contribution in [0.25, 0.3) is 0 Å². The molecule has 5 heteroatoms. The third-order valence-corrected chi connectivity index (χ3v) is 3.05. The molecule has 0 spiro atoms. The van der Waals surface area contributed by atoms with E-state index in [1.54, 1.807) is 19.1 Å². The third kappa shape index (κ3) is 4.25. The molecule has 0 radical (unpaired) electrons. The van der Waals surface area contributed by atoms with Gasteiger partial charge in [-0.15, -0.1) is 11.8 Å². The summed E-state index contributed by atoms with van der Waals surface area (Å²) in [6.45, 7) is 2.78. The molecule has 1 aromatic carbocycles. The van der Waals surface area contributed by atoms with Crippen LogP contribution in [0.1, 0.15) is 31.7 Å². The standard InChI is InChI=1S/C15H18N2O3/c1-2-3-4-9-20-15-8-5-12(10-14(15)17(18)19)11-16-13-6-7-13/h5,8,10,13,16H,4,6-7,9,11H2,1H3. The molecule has 106 valence electrons. The summed E-state index contributed by atoms with van der Waals surface area (Å²) in [5.41, 5.74) is 0.925. The second kappa shape index (κ2) is 6.92. The van der Waals surface area contributed by atoms with E-state index in [-0.39, 0.29) is 5.69 Å². The molecule has 1 saturated carbocycles. The number of hydrogen-bond acceptors (Lipinski definition) is 4.